The number of hydrazine groups is 1. The molecular formula is C12H20N2O. The van der Waals surface area contributed by atoms with Gasteiger partial charge in [-0.2, -0.15) is 0 Å². The Kier molecular flexibility index (Phi) is 2.23. The Labute approximate surface area is 91.0 Å². The molecule has 0 saturated heterocycles. The predicted molar refractivity (Wildman–Crippen MR) is 57.8 cm³/mol. The van der Waals surface area contributed by atoms with Gasteiger partial charge in [-0.15, -0.1) is 0 Å². The number of carbonyl (C=O) groups is 1. The molecule has 0 unspecified atom stereocenters. The van der Waals surface area contributed by atoms with Gasteiger partial charge < -0.3 is 0 Å². The number of hydrogen-bond acceptors (Lipinski definition) is 2. The maximum Gasteiger partial charge on any atom is 0.230 e. The summed E-state index contributed by atoms with van der Waals surface area (Å²) in [7, 11) is 0. The Morgan fingerprint density at radius 3 is 2.00 bits per heavy atom. The van der Waals surface area contributed by atoms with E-state index in [4.69, 9.17) is 0 Å². The van der Waals surface area contributed by atoms with Gasteiger partial charge in [-0.1, -0.05) is 0 Å². The van der Waals surface area contributed by atoms with Gasteiger partial charge in [0.25, 0.3) is 0 Å². The van der Waals surface area contributed by atoms with Crippen LogP contribution >= 0.6 is 0 Å². The first kappa shape index (κ1) is 9.64. The molecule has 0 atom stereocenters. The summed E-state index contributed by atoms with van der Waals surface area (Å²) >= 11 is 0. The molecule has 4 rings (SSSR count). The van der Waals surface area contributed by atoms with E-state index in [1.54, 1.807) is 6.92 Å². The fraction of sp³-hybridized carbons (Fsp3) is 0.917. The van der Waals surface area contributed by atoms with Crippen molar-refractivity contribution in [3.05, 3.63) is 0 Å². The lowest BCUT2D eigenvalue weighted by Gasteiger charge is -2.54. The summed E-state index contributed by atoms with van der Waals surface area (Å²) in [5, 5.41) is 0. The smallest absolute Gasteiger partial charge is 0.230 e. The van der Waals surface area contributed by atoms with Gasteiger partial charge in [0.1, 0.15) is 0 Å². The summed E-state index contributed by atoms with van der Waals surface area (Å²) in [4.78, 5) is 10.9. The number of carbonyl (C=O) groups excluding carboxylic acids is 1. The Bertz CT molecular complexity index is 249. The van der Waals surface area contributed by atoms with Crippen molar-refractivity contribution in [3.8, 4) is 0 Å². The Morgan fingerprint density at radius 2 is 1.53 bits per heavy atom. The molecule has 4 aliphatic carbocycles. The van der Waals surface area contributed by atoms with Crippen LogP contribution in [0.3, 0.4) is 0 Å². The zero-order chi connectivity index (χ0) is 10.4. The second-order valence-corrected chi connectivity index (χ2v) is 5.78. The van der Waals surface area contributed by atoms with E-state index in [2.05, 4.69) is 10.9 Å². The largest absolute Gasteiger partial charge is 0.292 e. The molecule has 0 aromatic carbocycles. The van der Waals surface area contributed by atoms with Gasteiger partial charge in [0.05, 0.1) is 0 Å². The molecule has 0 heterocycles. The quantitative estimate of drug-likeness (QED) is 0.674. The highest BCUT2D eigenvalue weighted by Crippen LogP contribution is 2.53. The Balaban J connectivity index is 1.67. The highest BCUT2D eigenvalue weighted by molar-refractivity contribution is 5.72. The summed E-state index contributed by atoms with van der Waals surface area (Å²) < 4.78 is 0. The number of nitrogens with one attached hydrogen (secondary N) is 2. The lowest BCUT2D eigenvalue weighted by molar-refractivity contribution is -0.121. The summed E-state index contributed by atoms with van der Waals surface area (Å²) in [5.74, 6) is 3.69. The number of amides is 1. The molecular weight excluding hydrogens is 188 g/mol. The summed E-state index contributed by atoms with van der Waals surface area (Å²) in [6, 6.07) is 0.557. The van der Waals surface area contributed by atoms with E-state index >= 15 is 0 Å². The third-order valence-corrected chi connectivity index (χ3v) is 4.64. The molecule has 4 bridgehead atoms. The molecule has 4 saturated carbocycles. The molecule has 0 aliphatic heterocycles. The van der Waals surface area contributed by atoms with E-state index in [0.717, 1.165) is 23.7 Å². The average Bonchev–Trinajstić information content (AvgIpc) is 2.14. The van der Waals surface area contributed by atoms with Crippen molar-refractivity contribution < 1.29 is 4.79 Å². The van der Waals surface area contributed by atoms with E-state index in [1.165, 1.54) is 32.1 Å². The van der Waals surface area contributed by atoms with Gasteiger partial charge in [0.15, 0.2) is 0 Å². The SMILES string of the molecule is CC(=O)NNC1C2CC3CC(C2)CC1C3. The molecule has 3 heteroatoms. The van der Waals surface area contributed by atoms with Crippen LogP contribution in [-0.2, 0) is 4.79 Å². The van der Waals surface area contributed by atoms with Crippen LogP contribution in [0.15, 0.2) is 0 Å². The van der Waals surface area contributed by atoms with Gasteiger partial charge in [0.2, 0.25) is 5.91 Å². The lowest BCUT2D eigenvalue weighted by atomic mass is 9.54. The van der Waals surface area contributed by atoms with Crippen LogP contribution < -0.4 is 10.9 Å². The fourth-order valence-corrected chi connectivity index (χ4v) is 4.35. The maximum absolute atomic E-state index is 10.9. The van der Waals surface area contributed by atoms with Gasteiger partial charge in [-0.25, -0.2) is 5.43 Å². The van der Waals surface area contributed by atoms with Crippen LogP contribution in [0.2, 0.25) is 0 Å². The van der Waals surface area contributed by atoms with E-state index in [1.807, 2.05) is 0 Å². The molecule has 15 heavy (non-hydrogen) atoms. The molecule has 0 spiro atoms. The summed E-state index contributed by atoms with van der Waals surface area (Å²) in [5.41, 5.74) is 6.05. The zero-order valence-electron chi connectivity index (χ0n) is 9.33. The van der Waals surface area contributed by atoms with Crippen LogP contribution in [0.4, 0.5) is 0 Å². The van der Waals surface area contributed by atoms with Crippen molar-refractivity contribution in [2.45, 2.75) is 45.1 Å². The van der Waals surface area contributed by atoms with Crippen molar-refractivity contribution in [2.24, 2.45) is 23.7 Å². The minimum atomic E-state index is 0.0313. The van der Waals surface area contributed by atoms with Crippen molar-refractivity contribution in [1.29, 1.82) is 0 Å². The monoisotopic (exact) mass is 208 g/mol. The van der Waals surface area contributed by atoms with E-state index in [0.29, 0.717) is 6.04 Å². The van der Waals surface area contributed by atoms with Gasteiger partial charge in [-0.3, -0.25) is 10.2 Å². The van der Waals surface area contributed by atoms with Crippen molar-refractivity contribution in [3.63, 3.8) is 0 Å². The third kappa shape index (κ3) is 1.67. The van der Waals surface area contributed by atoms with Crippen molar-refractivity contribution in [2.75, 3.05) is 0 Å². The summed E-state index contributed by atoms with van der Waals surface area (Å²) in [6.07, 6.45) is 7.06. The second kappa shape index (κ2) is 3.48. The molecule has 2 N–H and O–H groups in total. The normalized spacial score (nSPS) is 46.9. The zero-order valence-corrected chi connectivity index (χ0v) is 9.33. The van der Waals surface area contributed by atoms with Crippen LogP contribution in [0.1, 0.15) is 39.0 Å². The highest BCUT2D eigenvalue weighted by atomic mass is 16.2. The molecule has 4 aliphatic rings. The average molecular weight is 208 g/mol. The minimum absolute atomic E-state index is 0.0313. The van der Waals surface area contributed by atoms with Crippen LogP contribution in [0.5, 0.6) is 0 Å². The lowest BCUT2D eigenvalue weighted by Crippen LogP contribution is -2.58. The topological polar surface area (TPSA) is 41.1 Å². The molecule has 3 nitrogen and oxygen atoms in total. The van der Waals surface area contributed by atoms with Crippen LogP contribution in [0, 0.1) is 23.7 Å². The third-order valence-electron chi connectivity index (χ3n) is 4.64. The number of hydrogen-bond donors (Lipinski definition) is 2. The van der Waals surface area contributed by atoms with Gasteiger partial charge >= 0.3 is 0 Å². The van der Waals surface area contributed by atoms with Gasteiger partial charge in [0, 0.05) is 13.0 Å². The van der Waals surface area contributed by atoms with E-state index in [-0.39, 0.29) is 5.91 Å². The molecule has 0 aromatic heterocycles. The Morgan fingerprint density at radius 1 is 1.00 bits per heavy atom. The van der Waals surface area contributed by atoms with E-state index < -0.39 is 0 Å². The standard InChI is InChI=1S/C12H20N2O/c1-7(15)13-14-12-10-3-8-2-9(5-10)6-11(12)4-8/h8-12,14H,2-6H2,1H3,(H,13,15). The summed E-state index contributed by atoms with van der Waals surface area (Å²) in [6.45, 7) is 1.57. The molecule has 0 radical (unpaired) electrons. The second-order valence-electron chi connectivity index (χ2n) is 5.78. The Hall–Kier alpha value is -0.570. The van der Waals surface area contributed by atoms with Gasteiger partial charge in [-0.05, 0) is 55.8 Å². The fourth-order valence-electron chi connectivity index (χ4n) is 4.35. The minimum Gasteiger partial charge on any atom is -0.292 e. The number of rotatable bonds is 2. The van der Waals surface area contributed by atoms with Crippen LogP contribution in [0.25, 0.3) is 0 Å². The van der Waals surface area contributed by atoms with Crippen molar-refractivity contribution >= 4 is 5.91 Å². The molecule has 1 amide bonds. The highest BCUT2D eigenvalue weighted by Gasteiger charge is 2.48. The first-order chi connectivity index (χ1) is 7.22. The molecule has 84 valence electrons. The van der Waals surface area contributed by atoms with Crippen LogP contribution in [-0.4, -0.2) is 11.9 Å². The predicted octanol–water partition coefficient (Wildman–Crippen LogP) is 1.45. The van der Waals surface area contributed by atoms with Crippen molar-refractivity contribution in [1.82, 2.24) is 10.9 Å². The first-order valence-electron chi connectivity index (χ1n) is 6.24. The maximum atomic E-state index is 10.9. The molecule has 0 aromatic rings. The first-order valence-corrected chi connectivity index (χ1v) is 6.24. The molecule has 4 fully saturated rings. The van der Waals surface area contributed by atoms with E-state index in [9.17, 15) is 4.79 Å².